The minimum Gasteiger partial charge on any atom is -0.480 e. The fourth-order valence-corrected chi connectivity index (χ4v) is 6.47. The van der Waals surface area contributed by atoms with E-state index in [1.165, 1.54) is 7.11 Å². The van der Waals surface area contributed by atoms with Crippen LogP contribution in [0.3, 0.4) is 0 Å². The SMILES string of the molecule is CO[C@H]1O[C@@H]2CO[C@@H](c3ccccc3)O[C@H]2C2=C1O[C@@]1(CC2)C(O)[C@H](OC)O[C@@H]2CO[C@H](c3ccccc3)O[C@@H]21. The van der Waals surface area contributed by atoms with Gasteiger partial charge in [-0.2, -0.15) is 0 Å². The summed E-state index contributed by atoms with van der Waals surface area (Å²) in [5.41, 5.74) is 1.54. The van der Waals surface area contributed by atoms with Crippen LogP contribution in [-0.2, 0) is 42.6 Å². The molecule has 214 valence electrons. The van der Waals surface area contributed by atoms with Crippen LogP contribution >= 0.6 is 0 Å². The van der Waals surface area contributed by atoms with Crippen LogP contribution < -0.4 is 0 Å². The lowest BCUT2D eigenvalue weighted by Gasteiger charge is -2.57. The minimum atomic E-state index is -1.20. The Kier molecular flexibility index (Phi) is 7.15. The number of methoxy groups -OCH3 is 2. The zero-order valence-corrected chi connectivity index (χ0v) is 22.4. The van der Waals surface area contributed by atoms with Gasteiger partial charge in [-0.25, -0.2) is 0 Å². The summed E-state index contributed by atoms with van der Waals surface area (Å²) in [6.45, 7) is 0.597. The Morgan fingerprint density at radius 3 is 2.08 bits per heavy atom. The summed E-state index contributed by atoms with van der Waals surface area (Å²) < 4.78 is 55.5. The fourth-order valence-electron chi connectivity index (χ4n) is 6.47. The smallest absolute Gasteiger partial charge is 0.216 e. The predicted octanol–water partition coefficient (Wildman–Crippen LogP) is 3.12. The van der Waals surface area contributed by atoms with E-state index in [4.69, 9.17) is 42.6 Å². The molecule has 0 amide bonds. The summed E-state index contributed by atoms with van der Waals surface area (Å²) in [5.74, 6) is 0.490. The summed E-state index contributed by atoms with van der Waals surface area (Å²) in [7, 11) is 3.06. The average molecular weight is 555 g/mol. The maximum atomic E-state index is 11.7. The van der Waals surface area contributed by atoms with Crippen molar-refractivity contribution in [2.45, 2.75) is 74.1 Å². The van der Waals surface area contributed by atoms with Crippen LogP contribution in [0.25, 0.3) is 0 Å². The number of ether oxygens (including phenoxy) is 9. The molecule has 5 aliphatic rings. The number of aliphatic hydroxyl groups excluding tert-OH is 1. The molecular formula is C30H34O10. The molecule has 2 aromatic rings. The van der Waals surface area contributed by atoms with Crippen LogP contribution in [-0.4, -0.2) is 81.2 Å². The summed E-state index contributed by atoms with van der Waals surface area (Å²) in [6.07, 6.45) is -4.95. The summed E-state index contributed by atoms with van der Waals surface area (Å²) in [6, 6.07) is 19.5. The molecule has 1 N–H and O–H groups in total. The molecule has 10 atom stereocenters. The molecule has 1 unspecified atom stereocenters. The highest BCUT2D eigenvalue weighted by atomic mass is 16.8. The third-order valence-electron chi connectivity index (χ3n) is 8.44. The molecule has 40 heavy (non-hydrogen) atoms. The normalized spacial score (nSPS) is 41.0. The molecule has 5 heterocycles. The van der Waals surface area contributed by atoms with Crippen molar-refractivity contribution in [3.63, 3.8) is 0 Å². The molecule has 0 saturated carbocycles. The van der Waals surface area contributed by atoms with Gasteiger partial charge in [0, 0.05) is 30.9 Å². The van der Waals surface area contributed by atoms with Crippen molar-refractivity contribution in [2.75, 3.05) is 27.4 Å². The molecule has 0 bridgehead atoms. The van der Waals surface area contributed by atoms with Crippen molar-refractivity contribution >= 4 is 0 Å². The molecule has 0 radical (unpaired) electrons. The number of hydrogen-bond donors (Lipinski definition) is 1. The van der Waals surface area contributed by atoms with Gasteiger partial charge in [-0.1, -0.05) is 60.7 Å². The maximum Gasteiger partial charge on any atom is 0.216 e. The van der Waals surface area contributed by atoms with Crippen molar-refractivity contribution in [3.8, 4) is 0 Å². The van der Waals surface area contributed by atoms with Gasteiger partial charge >= 0.3 is 0 Å². The summed E-state index contributed by atoms with van der Waals surface area (Å²) in [5, 5.41) is 11.7. The highest BCUT2D eigenvalue weighted by Crippen LogP contribution is 2.51. The first-order chi connectivity index (χ1) is 19.6. The van der Waals surface area contributed by atoms with Crippen LogP contribution in [0.2, 0.25) is 0 Å². The third-order valence-corrected chi connectivity index (χ3v) is 8.44. The lowest BCUT2D eigenvalue weighted by atomic mass is 9.75. The van der Waals surface area contributed by atoms with Gasteiger partial charge < -0.3 is 47.7 Å². The first-order valence-corrected chi connectivity index (χ1v) is 13.7. The zero-order valence-electron chi connectivity index (χ0n) is 22.4. The molecule has 10 nitrogen and oxygen atoms in total. The molecule has 1 spiro atoms. The second kappa shape index (κ2) is 10.8. The molecule has 3 fully saturated rings. The summed E-state index contributed by atoms with van der Waals surface area (Å²) >= 11 is 0. The molecule has 5 aliphatic heterocycles. The van der Waals surface area contributed by atoms with Crippen molar-refractivity contribution in [1.29, 1.82) is 0 Å². The van der Waals surface area contributed by atoms with Crippen LogP contribution in [0.15, 0.2) is 72.0 Å². The quantitative estimate of drug-likeness (QED) is 0.607. The maximum absolute atomic E-state index is 11.7. The Morgan fingerprint density at radius 1 is 0.775 bits per heavy atom. The molecule has 3 saturated heterocycles. The van der Waals surface area contributed by atoms with E-state index in [2.05, 4.69) is 0 Å². The second-order valence-electron chi connectivity index (χ2n) is 10.7. The first-order valence-electron chi connectivity index (χ1n) is 13.7. The van der Waals surface area contributed by atoms with E-state index >= 15 is 0 Å². The Hall–Kier alpha value is -2.38. The molecule has 0 aliphatic carbocycles. The number of aliphatic hydroxyl groups is 1. The standard InChI is InChI=1S/C30H34O10/c1-32-28-23-19(22-20(36-28)15-34-26(38-22)17-9-5-3-6-10-17)13-14-30(40-23)24(31)29(33-2)37-21-16-35-27(39-25(21)30)18-11-7-4-8-12-18/h3-12,20-22,24-29,31H,13-16H2,1-2H3/t20-,21-,22+,24?,25+,26-,27+,28+,29-,30+/m1/s1. The van der Waals surface area contributed by atoms with E-state index in [-0.39, 0.29) is 12.7 Å². The Labute approximate surface area is 232 Å². The molecule has 10 heteroatoms. The van der Waals surface area contributed by atoms with Crippen molar-refractivity contribution in [2.24, 2.45) is 0 Å². The van der Waals surface area contributed by atoms with Gasteiger partial charge in [-0.05, 0) is 12.8 Å². The number of hydrogen-bond acceptors (Lipinski definition) is 10. The molecular weight excluding hydrogens is 520 g/mol. The minimum absolute atomic E-state index is 0.252. The third kappa shape index (κ3) is 4.39. The molecule has 0 aromatic heterocycles. The number of fused-ring (bicyclic) bond motifs is 4. The van der Waals surface area contributed by atoms with Gasteiger partial charge in [0.05, 0.1) is 13.2 Å². The van der Waals surface area contributed by atoms with E-state index < -0.39 is 55.2 Å². The Balaban J connectivity index is 1.23. The molecule has 7 rings (SSSR count). The second-order valence-corrected chi connectivity index (χ2v) is 10.7. The topological polar surface area (TPSA) is 103 Å². The van der Waals surface area contributed by atoms with Gasteiger partial charge in [0.15, 0.2) is 30.2 Å². The van der Waals surface area contributed by atoms with E-state index in [1.807, 2.05) is 60.7 Å². The number of benzene rings is 2. The Morgan fingerprint density at radius 2 is 1.43 bits per heavy atom. The Bertz CT molecular complexity index is 1210. The van der Waals surface area contributed by atoms with Crippen molar-refractivity contribution in [3.05, 3.63) is 83.1 Å². The van der Waals surface area contributed by atoms with E-state index in [9.17, 15) is 5.11 Å². The average Bonchev–Trinajstić information content (AvgIpc) is 3.02. The van der Waals surface area contributed by atoms with E-state index in [0.717, 1.165) is 16.7 Å². The first kappa shape index (κ1) is 26.5. The fraction of sp³-hybridized carbons (Fsp3) is 0.533. The van der Waals surface area contributed by atoms with E-state index in [1.54, 1.807) is 7.11 Å². The van der Waals surface area contributed by atoms with Crippen LogP contribution in [0.5, 0.6) is 0 Å². The van der Waals surface area contributed by atoms with Crippen molar-refractivity contribution < 1.29 is 47.7 Å². The highest BCUT2D eigenvalue weighted by molar-refractivity contribution is 5.28. The van der Waals surface area contributed by atoms with Crippen LogP contribution in [0.4, 0.5) is 0 Å². The highest BCUT2D eigenvalue weighted by Gasteiger charge is 2.64. The lowest BCUT2D eigenvalue weighted by Crippen LogP contribution is -2.71. The zero-order chi connectivity index (χ0) is 27.3. The van der Waals surface area contributed by atoms with Crippen LogP contribution in [0, 0.1) is 0 Å². The van der Waals surface area contributed by atoms with Gasteiger partial charge in [-0.15, -0.1) is 0 Å². The van der Waals surface area contributed by atoms with E-state index in [0.29, 0.717) is 25.2 Å². The van der Waals surface area contributed by atoms with Gasteiger partial charge in [0.1, 0.15) is 30.5 Å². The number of rotatable bonds is 4. The van der Waals surface area contributed by atoms with Crippen LogP contribution in [0.1, 0.15) is 36.5 Å². The lowest BCUT2D eigenvalue weighted by molar-refractivity contribution is -0.393. The summed E-state index contributed by atoms with van der Waals surface area (Å²) in [4.78, 5) is 0. The van der Waals surface area contributed by atoms with Gasteiger partial charge in [-0.3, -0.25) is 0 Å². The monoisotopic (exact) mass is 554 g/mol. The largest absolute Gasteiger partial charge is 0.480 e. The predicted molar refractivity (Wildman–Crippen MR) is 137 cm³/mol. The molecule has 2 aromatic carbocycles. The van der Waals surface area contributed by atoms with Gasteiger partial charge in [0.25, 0.3) is 0 Å². The van der Waals surface area contributed by atoms with Gasteiger partial charge in [0.2, 0.25) is 6.29 Å². The van der Waals surface area contributed by atoms with Crippen molar-refractivity contribution in [1.82, 2.24) is 0 Å².